The molecular formula is C19H26N3O6S3+. The normalized spacial score (nSPS) is 13.0. The Balaban J connectivity index is 2.25. The van der Waals surface area contributed by atoms with Crippen molar-refractivity contribution < 1.29 is 29.0 Å². The molecule has 0 aliphatic carbocycles. The summed E-state index contributed by atoms with van der Waals surface area (Å²) < 4.78 is 10.6. The van der Waals surface area contributed by atoms with Gasteiger partial charge in [-0.2, -0.15) is 4.79 Å². The molecule has 1 unspecified atom stereocenters. The molecule has 2 rings (SSSR count). The Labute approximate surface area is 195 Å². The molecule has 0 saturated carbocycles. The molecule has 170 valence electrons. The van der Waals surface area contributed by atoms with E-state index < -0.39 is 27.3 Å². The standard InChI is InChI=1S/C19H25N3O6S3/c1-10(23)20-11(16(24)25)6-7-28-18(26)22(29,30)13-9-15-12(8-14(13)27-5)21-17(31-15)19(2,3)4/h8-9,11,29-30H,6-7H2,1-5H3,(H-,20,23,24,25)/p+1. The predicted molar refractivity (Wildman–Crippen MR) is 126 cm³/mol. The van der Waals surface area contributed by atoms with Gasteiger partial charge in [0.15, 0.2) is 5.75 Å². The average molecular weight is 489 g/mol. The number of aliphatic carboxylic acids is 1. The zero-order chi connectivity index (χ0) is 23.6. The molecule has 31 heavy (non-hydrogen) atoms. The van der Waals surface area contributed by atoms with Gasteiger partial charge in [0, 0.05) is 30.9 Å². The van der Waals surface area contributed by atoms with Crippen LogP contribution in [0.4, 0.5) is 10.5 Å². The topological polar surface area (TPSA) is 115 Å². The van der Waals surface area contributed by atoms with Gasteiger partial charge >= 0.3 is 12.1 Å². The zero-order valence-electron chi connectivity index (χ0n) is 17.8. The van der Waals surface area contributed by atoms with Gasteiger partial charge < -0.3 is 19.9 Å². The van der Waals surface area contributed by atoms with E-state index in [4.69, 9.17) is 14.6 Å². The van der Waals surface area contributed by atoms with Gasteiger partial charge in [-0.05, 0) is 0 Å². The largest absolute Gasteiger partial charge is 0.545 e. The van der Waals surface area contributed by atoms with Crippen LogP contribution in [0.25, 0.3) is 10.2 Å². The minimum absolute atomic E-state index is 0.109. The van der Waals surface area contributed by atoms with Gasteiger partial charge in [-0.15, -0.1) is 11.3 Å². The van der Waals surface area contributed by atoms with E-state index >= 15 is 0 Å². The Kier molecular flexibility index (Phi) is 7.84. The number of hydrogen-bond donors (Lipinski definition) is 4. The van der Waals surface area contributed by atoms with Crippen molar-refractivity contribution in [1.29, 1.82) is 0 Å². The van der Waals surface area contributed by atoms with Crippen molar-refractivity contribution >= 4 is 70.8 Å². The Bertz CT molecular complexity index is 1000. The maximum atomic E-state index is 12.7. The number of quaternary nitrogens is 1. The number of carboxylic acids is 1. The van der Waals surface area contributed by atoms with Gasteiger partial charge in [-0.3, -0.25) is 4.79 Å². The number of fused-ring (bicyclic) bond motifs is 1. The minimum atomic E-state index is -1.23. The third-order valence-corrected chi connectivity index (χ3v) is 6.43. The lowest BCUT2D eigenvalue weighted by atomic mass is 9.98. The molecule has 2 aromatic rings. The second kappa shape index (κ2) is 9.63. The zero-order valence-corrected chi connectivity index (χ0v) is 20.4. The highest BCUT2D eigenvalue weighted by atomic mass is 32.2. The number of benzene rings is 1. The summed E-state index contributed by atoms with van der Waals surface area (Å²) in [5, 5.41) is 12.3. The van der Waals surface area contributed by atoms with E-state index in [2.05, 4.69) is 56.7 Å². The summed E-state index contributed by atoms with van der Waals surface area (Å²) in [6.45, 7) is 7.13. The fraction of sp³-hybridized carbons (Fsp3) is 0.474. The first kappa shape index (κ1) is 25.2. The number of rotatable bonds is 7. The molecule has 2 amide bonds. The highest BCUT2D eigenvalue weighted by Crippen LogP contribution is 2.43. The first-order valence-electron chi connectivity index (χ1n) is 9.28. The van der Waals surface area contributed by atoms with Crippen molar-refractivity contribution in [1.82, 2.24) is 13.6 Å². The fourth-order valence-electron chi connectivity index (χ4n) is 2.63. The lowest BCUT2D eigenvalue weighted by molar-refractivity contribution is -0.142. The Morgan fingerprint density at radius 2 is 1.94 bits per heavy atom. The Morgan fingerprint density at radius 3 is 2.45 bits per heavy atom. The van der Waals surface area contributed by atoms with Crippen molar-refractivity contribution in [3.05, 3.63) is 17.1 Å². The molecule has 1 atom stereocenters. The molecule has 0 radical (unpaired) electrons. The van der Waals surface area contributed by atoms with Crippen LogP contribution < -0.4 is 13.3 Å². The van der Waals surface area contributed by atoms with Gasteiger partial charge in [0.1, 0.15) is 6.04 Å². The van der Waals surface area contributed by atoms with Crippen LogP contribution in [0.5, 0.6) is 5.75 Å². The summed E-state index contributed by atoms with van der Waals surface area (Å²) in [6.07, 6.45) is -0.959. The molecule has 1 aromatic carbocycles. The molecule has 9 nitrogen and oxygen atoms in total. The second-order valence-corrected chi connectivity index (χ2v) is 10.4. The molecule has 0 aliphatic heterocycles. The quantitative estimate of drug-likeness (QED) is 0.347. The SMILES string of the molecule is COc1cc2nc(C(C)(C)C)sc2cc1[N+](S)(S)C(=O)OCCC(NC(C)=O)C(=O)O. The van der Waals surface area contributed by atoms with Crippen molar-refractivity contribution in [3.63, 3.8) is 0 Å². The maximum Gasteiger partial charge on any atom is 0.545 e. The van der Waals surface area contributed by atoms with Crippen molar-refractivity contribution in [3.8, 4) is 5.75 Å². The van der Waals surface area contributed by atoms with Crippen LogP contribution in [-0.2, 0) is 19.7 Å². The van der Waals surface area contributed by atoms with Gasteiger partial charge in [0.25, 0.3) is 0 Å². The van der Waals surface area contributed by atoms with E-state index in [9.17, 15) is 14.4 Å². The number of thiazole rings is 1. The summed E-state index contributed by atoms with van der Waals surface area (Å²) >= 11 is 10.2. The first-order valence-corrected chi connectivity index (χ1v) is 10.9. The van der Waals surface area contributed by atoms with Crippen LogP contribution >= 0.6 is 37.0 Å². The third-order valence-electron chi connectivity index (χ3n) is 4.23. The van der Waals surface area contributed by atoms with Crippen LogP contribution in [0.3, 0.4) is 0 Å². The molecule has 1 heterocycles. The smallest absolute Gasteiger partial charge is 0.491 e. The number of carbonyl (C=O) groups is 3. The van der Waals surface area contributed by atoms with E-state index in [1.165, 1.54) is 25.4 Å². The Morgan fingerprint density at radius 1 is 1.29 bits per heavy atom. The number of ether oxygens (including phenoxy) is 2. The number of amides is 2. The van der Waals surface area contributed by atoms with Crippen LogP contribution in [0.2, 0.25) is 0 Å². The van der Waals surface area contributed by atoms with Crippen LogP contribution in [0, 0.1) is 0 Å². The molecule has 0 spiro atoms. The maximum absolute atomic E-state index is 12.7. The fourth-order valence-corrected chi connectivity index (χ4v) is 4.09. The summed E-state index contributed by atoms with van der Waals surface area (Å²) in [7, 11) is 1.46. The van der Waals surface area contributed by atoms with E-state index in [1.807, 2.05) is 0 Å². The number of nitrogens with zero attached hydrogens (tertiary/aromatic N) is 2. The van der Waals surface area contributed by atoms with Crippen LogP contribution in [0.15, 0.2) is 12.1 Å². The lowest BCUT2D eigenvalue weighted by Gasteiger charge is -2.22. The van der Waals surface area contributed by atoms with Gasteiger partial charge in [0.2, 0.25) is 11.6 Å². The monoisotopic (exact) mass is 488 g/mol. The Hall–Kier alpha value is -2.02. The molecule has 1 aromatic heterocycles. The van der Waals surface area contributed by atoms with E-state index in [1.54, 1.807) is 12.1 Å². The molecule has 12 heteroatoms. The number of carboxylic acid groups (broad SMARTS) is 1. The number of aromatic nitrogens is 1. The van der Waals surface area contributed by atoms with Crippen molar-refractivity contribution in [2.45, 2.75) is 45.6 Å². The molecule has 0 aliphatic rings. The molecule has 0 fully saturated rings. The number of thiol groups is 2. The van der Waals surface area contributed by atoms with E-state index in [0.717, 1.165) is 15.2 Å². The summed E-state index contributed by atoms with van der Waals surface area (Å²) in [5.41, 5.74) is 0.913. The summed E-state index contributed by atoms with van der Waals surface area (Å²) in [6, 6.07) is 2.26. The highest BCUT2D eigenvalue weighted by Gasteiger charge is 2.40. The number of carbonyl (C=O) groups excluding carboxylic acids is 2. The average Bonchev–Trinajstić information content (AvgIpc) is 3.09. The van der Waals surface area contributed by atoms with Gasteiger partial charge in [-0.1, -0.05) is 24.1 Å². The van der Waals surface area contributed by atoms with E-state index in [-0.39, 0.29) is 18.4 Å². The number of methoxy groups -OCH3 is 1. The first-order chi connectivity index (χ1) is 14.3. The number of nitrogens with one attached hydrogen (secondary N) is 1. The lowest BCUT2D eigenvalue weighted by Crippen LogP contribution is -2.41. The molecule has 0 saturated heterocycles. The summed E-state index contributed by atoms with van der Waals surface area (Å²) in [5.74, 6) is -1.37. The second-order valence-electron chi connectivity index (χ2n) is 7.86. The van der Waals surface area contributed by atoms with Gasteiger partial charge in [-0.25, -0.2) is 9.78 Å². The van der Waals surface area contributed by atoms with Crippen molar-refractivity contribution in [2.75, 3.05) is 13.7 Å². The van der Waals surface area contributed by atoms with Crippen LogP contribution in [0.1, 0.15) is 39.1 Å². The van der Waals surface area contributed by atoms with E-state index in [0.29, 0.717) is 11.4 Å². The highest BCUT2D eigenvalue weighted by molar-refractivity contribution is 7.98. The van der Waals surface area contributed by atoms with Gasteiger partial charge in [0.05, 0.1) is 54.6 Å². The molecule has 2 N–H and O–H groups in total. The predicted octanol–water partition coefficient (Wildman–Crippen LogP) is 3.72. The van der Waals surface area contributed by atoms with Crippen molar-refractivity contribution in [2.24, 2.45) is 0 Å². The molecule has 0 bridgehead atoms. The molecular weight excluding hydrogens is 462 g/mol. The van der Waals surface area contributed by atoms with Crippen LogP contribution in [-0.4, -0.2) is 47.8 Å². The third kappa shape index (κ3) is 6.03. The summed E-state index contributed by atoms with van der Waals surface area (Å²) in [4.78, 5) is 39.7. The minimum Gasteiger partial charge on any atom is -0.491 e. The number of hydrogen-bond acceptors (Lipinski definition) is 9.